The van der Waals surface area contributed by atoms with Gasteiger partial charge in [0.2, 0.25) is 0 Å². The van der Waals surface area contributed by atoms with Crippen LogP contribution in [0.2, 0.25) is 0 Å². The number of halogens is 1. The van der Waals surface area contributed by atoms with E-state index in [-0.39, 0.29) is 5.56 Å². The Morgan fingerprint density at radius 3 is 2.56 bits per heavy atom. The van der Waals surface area contributed by atoms with Gasteiger partial charge in [0, 0.05) is 27.2 Å². The Morgan fingerprint density at radius 1 is 1.28 bits per heavy atom. The number of nitrogens with zero attached hydrogens (tertiary/aromatic N) is 1. The standard InChI is InChI=1S/C12H17FN4O/c1-14-12(15-2)17-8-7-16-11(18)9-5-3-4-6-10(9)13/h3-6H,7-8H2,1-2H3,(H,16,18)(H2,14,15,17). The van der Waals surface area contributed by atoms with Crippen LogP contribution in [0.3, 0.4) is 0 Å². The topological polar surface area (TPSA) is 65.5 Å². The van der Waals surface area contributed by atoms with Crippen molar-refractivity contribution >= 4 is 11.9 Å². The average molecular weight is 252 g/mol. The molecule has 0 heterocycles. The van der Waals surface area contributed by atoms with Crippen molar-refractivity contribution in [3.05, 3.63) is 35.6 Å². The highest BCUT2D eigenvalue weighted by atomic mass is 19.1. The summed E-state index contributed by atoms with van der Waals surface area (Å²) in [6, 6.07) is 5.88. The van der Waals surface area contributed by atoms with Crippen LogP contribution in [0.4, 0.5) is 4.39 Å². The largest absolute Gasteiger partial charge is 0.359 e. The maximum atomic E-state index is 13.3. The summed E-state index contributed by atoms with van der Waals surface area (Å²) >= 11 is 0. The second-order valence-corrected chi connectivity index (χ2v) is 3.48. The molecule has 0 saturated heterocycles. The van der Waals surface area contributed by atoms with Crippen LogP contribution < -0.4 is 16.0 Å². The van der Waals surface area contributed by atoms with Crippen molar-refractivity contribution in [2.75, 3.05) is 27.2 Å². The summed E-state index contributed by atoms with van der Waals surface area (Å²) in [4.78, 5) is 15.5. The Balaban J connectivity index is 2.37. The molecule has 1 aromatic carbocycles. The fraction of sp³-hybridized carbons (Fsp3) is 0.333. The van der Waals surface area contributed by atoms with Crippen molar-refractivity contribution in [3.8, 4) is 0 Å². The molecule has 1 aromatic rings. The summed E-state index contributed by atoms with van der Waals surface area (Å²) in [7, 11) is 3.39. The first-order valence-corrected chi connectivity index (χ1v) is 5.60. The van der Waals surface area contributed by atoms with Gasteiger partial charge in [0.15, 0.2) is 5.96 Å². The number of rotatable bonds is 4. The van der Waals surface area contributed by atoms with Crippen LogP contribution in [0.25, 0.3) is 0 Å². The zero-order valence-corrected chi connectivity index (χ0v) is 10.5. The number of benzene rings is 1. The summed E-state index contributed by atoms with van der Waals surface area (Å²) in [6.07, 6.45) is 0. The molecule has 6 heteroatoms. The molecule has 0 radical (unpaired) electrons. The van der Waals surface area contributed by atoms with Gasteiger partial charge in [0.05, 0.1) is 5.56 Å². The molecule has 98 valence electrons. The lowest BCUT2D eigenvalue weighted by Crippen LogP contribution is -2.40. The molecule has 5 nitrogen and oxygen atoms in total. The second kappa shape index (κ2) is 7.26. The maximum absolute atomic E-state index is 13.3. The quantitative estimate of drug-likeness (QED) is 0.411. The van der Waals surface area contributed by atoms with E-state index in [2.05, 4.69) is 20.9 Å². The molecule has 18 heavy (non-hydrogen) atoms. The Kier molecular flexibility index (Phi) is 5.63. The lowest BCUT2D eigenvalue weighted by atomic mass is 10.2. The van der Waals surface area contributed by atoms with Gasteiger partial charge in [-0.2, -0.15) is 0 Å². The Morgan fingerprint density at radius 2 is 1.94 bits per heavy atom. The lowest BCUT2D eigenvalue weighted by Gasteiger charge is -2.09. The second-order valence-electron chi connectivity index (χ2n) is 3.48. The van der Waals surface area contributed by atoms with Crippen LogP contribution >= 0.6 is 0 Å². The predicted octanol–water partition coefficient (Wildman–Crippen LogP) is 0.350. The Hall–Kier alpha value is -2.11. The third-order valence-corrected chi connectivity index (χ3v) is 2.28. The van der Waals surface area contributed by atoms with Crippen LogP contribution in [0, 0.1) is 5.82 Å². The van der Waals surface area contributed by atoms with Gasteiger partial charge in [-0.25, -0.2) is 4.39 Å². The van der Waals surface area contributed by atoms with Crippen molar-refractivity contribution in [1.82, 2.24) is 16.0 Å². The molecule has 0 unspecified atom stereocenters. The lowest BCUT2D eigenvalue weighted by molar-refractivity contribution is 0.0950. The minimum Gasteiger partial charge on any atom is -0.359 e. The van der Waals surface area contributed by atoms with Crippen LogP contribution in [-0.4, -0.2) is 39.1 Å². The van der Waals surface area contributed by atoms with Gasteiger partial charge in [-0.05, 0) is 12.1 Å². The van der Waals surface area contributed by atoms with Gasteiger partial charge in [-0.15, -0.1) is 0 Å². The number of amides is 1. The van der Waals surface area contributed by atoms with E-state index in [0.29, 0.717) is 19.0 Å². The molecule has 1 rings (SSSR count). The van der Waals surface area contributed by atoms with E-state index >= 15 is 0 Å². The van der Waals surface area contributed by atoms with Crippen LogP contribution in [-0.2, 0) is 0 Å². The number of carbonyl (C=O) groups excluding carboxylic acids is 1. The molecular formula is C12H17FN4O. The normalized spacial score (nSPS) is 10.9. The van der Waals surface area contributed by atoms with Crippen LogP contribution in [0.1, 0.15) is 10.4 Å². The molecular weight excluding hydrogens is 235 g/mol. The first kappa shape index (κ1) is 14.0. The van der Waals surface area contributed by atoms with Gasteiger partial charge in [-0.1, -0.05) is 12.1 Å². The third kappa shape index (κ3) is 4.04. The summed E-state index contributed by atoms with van der Waals surface area (Å²) in [5.74, 6) is -0.307. The summed E-state index contributed by atoms with van der Waals surface area (Å²) < 4.78 is 13.3. The molecule has 0 atom stereocenters. The molecule has 3 N–H and O–H groups in total. The van der Waals surface area contributed by atoms with Crippen molar-refractivity contribution in [3.63, 3.8) is 0 Å². The highest BCUT2D eigenvalue weighted by molar-refractivity contribution is 5.94. The number of nitrogens with one attached hydrogen (secondary N) is 3. The van der Waals surface area contributed by atoms with Crippen LogP contribution in [0.5, 0.6) is 0 Å². The SMILES string of the molecule is CN=C(NC)NCCNC(=O)c1ccccc1F. The zero-order chi connectivity index (χ0) is 13.4. The van der Waals surface area contributed by atoms with Gasteiger partial charge >= 0.3 is 0 Å². The van der Waals surface area contributed by atoms with Gasteiger partial charge < -0.3 is 16.0 Å². The monoisotopic (exact) mass is 252 g/mol. The fourth-order valence-electron chi connectivity index (χ4n) is 1.38. The first-order chi connectivity index (χ1) is 8.69. The average Bonchev–Trinajstić information content (AvgIpc) is 2.39. The molecule has 0 bridgehead atoms. The first-order valence-electron chi connectivity index (χ1n) is 5.60. The molecule has 0 aromatic heterocycles. The Bertz CT molecular complexity index is 434. The molecule has 0 aliphatic carbocycles. The number of guanidine groups is 1. The van der Waals surface area contributed by atoms with E-state index in [0.717, 1.165) is 0 Å². The molecule has 0 aliphatic heterocycles. The third-order valence-electron chi connectivity index (χ3n) is 2.28. The molecule has 1 amide bonds. The smallest absolute Gasteiger partial charge is 0.254 e. The van der Waals surface area contributed by atoms with Crippen molar-refractivity contribution in [1.29, 1.82) is 0 Å². The molecule has 0 spiro atoms. The van der Waals surface area contributed by atoms with E-state index in [1.807, 2.05) is 0 Å². The number of carbonyl (C=O) groups is 1. The predicted molar refractivity (Wildman–Crippen MR) is 69.2 cm³/mol. The summed E-state index contributed by atoms with van der Waals surface area (Å²) in [6.45, 7) is 0.890. The minimum atomic E-state index is -0.519. The number of hydrogen-bond acceptors (Lipinski definition) is 2. The number of aliphatic imine (C=N–C) groups is 1. The van der Waals surface area contributed by atoms with Crippen LogP contribution in [0.15, 0.2) is 29.3 Å². The number of hydrogen-bond donors (Lipinski definition) is 3. The molecule has 0 aliphatic rings. The van der Waals surface area contributed by atoms with E-state index < -0.39 is 11.7 Å². The van der Waals surface area contributed by atoms with Gasteiger partial charge in [0.25, 0.3) is 5.91 Å². The Labute approximate surface area is 105 Å². The molecule has 0 saturated carbocycles. The van der Waals surface area contributed by atoms with E-state index in [4.69, 9.17) is 0 Å². The van der Waals surface area contributed by atoms with Crippen molar-refractivity contribution in [2.24, 2.45) is 4.99 Å². The summed E-state index contributed by atoms with van der Waals surface area (Å²) in [5, 5.41) is 8.44. The molecule has 0 fully saturated rings. The minimum absolute atomic E-state index is 0.0514. The highest BCUT2D eigenvalue weighted by Gasteiger charge is 2.09. The van der Waals surface area contributed by atoms with Gasteiger partial charge in [-0.3, -0.25) is 9.79 Å². The summed E-state index contributed by atoms with van der Waals surface area (Å²) in [5.41, 5.74) is 0.0514. The van der Waals surface area contributed by atoms with Crippen molar-refractivity contribution < 1.29 is 9.18 Å². The fourth-order valence-corrected chi connectivity index (χ4v) is 1.38. The van der Waals surface area contributed by atoms with Gasteiger partial charge in [0.1, 0.15) is 5.82 Å². The zero-order valence-electron chi connectivity index (χ0n) is 10.5. The van der Waals surface area contributed by atoms with E-state index in [1.54, 1.807) is 26.2 Å². The van der Waals surface area contributed by atoms with E-state index in [9.17, 15) is 9.18 Å². The highest BCUT2D eigenvalue weighted by Crippen LogP contribution is 2.05. The van der Waals surface area contributed by atoms with Crippen molar-refractivity contribution in [2.45, 2.75) is 0 Å². The van der Waals surface area contributed by atoms with E-state index in [1.165, 1.54) is 12.1 Å². The maximum Gasteiger partial charge on any atom is 0.254 e.